The van der Waals surface area contributed by atoms with Crippen LogP contribution in [0.15, 0.2) is 21.2 Å². The van der Waals surface area contributed by atoms with E-state index in [-0.39, 0.29) is 5.76 Å². The maximum atomic E-state index is 11.7. The number of rotatable bonds is 3. The molecule has 0 unspecified atom stereocenters. The average molecular weight is 254 g/mol. The van der Waals surface area contributed by atoms with Crippen molar-refractivity contribution in [2.75, 3.05) is 6.54 Å². The van der Waals surface area contributed by atoms with Crippen molar-refractivity contribution in [1.29, 1.82) is 0 Å². The number of carbonyl (C=O) groups is 1. The molecule has 0 aliphatic heterocycles. The van der Waals surface area contributed by atoms with Crippen molar-refractivity contribution in [3.63, 3.8) is 0 Å². The highest BCUT2D eigenvalue weighted by Crippen LogP contribution is 2.16. The van der Waals surface area contributed by atoms with E-state index in [4.69, 9.17) is 4.42 Å². The first kappa shape index (κ1) is 10.2. The molecule has 6 heteroatoms. The summed E-state index contributed by atoms with van der Waals surface area (Å²) in [6.07, 6.45) is -1.26. The molecule has 0 aliphatic rings. The van der Waals surface area contributed by atoms with E-state index < -0.39 is 18.9 Å². The summed E-state index contributed by atoms with van der Waals surface area (Å²) in [5.41, 5.74) is 0. The van der Waals surface area contributed by atoms with E-state index in [0.29, 0.717) is 4.47 Å². The van der Waals surface area contributed by atoms with Gasteiger partial charge in [0.05, 0.1) is 17.3 Å². The molecule has 0 aromatic carbocycles. The van der Waals surface area contributed by atoms with Gasteiger partial charge in [-0.05, 0) is 22.0 Å². The van der Waals surface area contributed by atoms with Crippen LogP contribution in [-0.4, -0.2) is 18.9 Å². The molecule has 3 nitrogen and oxygen atoms in total. The van der Waals surface area contributed by atoms with Crippen LogP contribution in [0.2, 0.25) is 0 Å². The lowest BCUT2D eigenvalue weighted by Crippen LogP contribution is -2.28. The van der Waals surface area contributed by atoms with Gasteiger partial charge < -0.3 is 9.73 Å². The van der Waals surface area contributed by atoms with Crippen molar-refractivity contribution in [3.8, 4) is 0 Å². The average Bonchev–Trinajstić information content (AvgIpc) is 2.47. The van der Waals surface area contributed by atoms with Crippen molar-refractivity contribution in [3.05, 3.63) is 22.6 Å². The standard InChI is InChI=1S/C7H6BrF2NO2/c8-4-1-2-13-6(4)7(12)11-3-5(9)10/h1-2,5H,3H2,(H,11,12). The predicted octanol–water partition coefficient (Wildman–Crippen LogP) is 2.04. The lowest BCUT2D eigenvalue weighted by Gasteiger charge is -2.01. The third kappa shape index (κ3) is 2.80. The van der Waals surface area contributed by atoms with Gasteiger partial charge in [0, 0.05) is 0 Å². The minimum absolute atomic E-state index is 0.000602. The number of alkyl halides is 2. The zero-order valence-corrected chi connectivity index (χ0v) is 7.98. The fourth-order valence-corrected chi connectivity index (χ4v) is 1.09. The summed E-state index contributed by atoms with van der Waals surface area (Å²) >= 11 is 3.03. The molecule has 1 aromatic rings. The second-order valence-electron chi connectivity index (χ2n) is 2.20. The second-order valence-corrected chi connectivity index (χ2v) is 3.05. The third-order valence-electron chi connectivity index (χ3n) is 1.24. The molecule has 0 radical (unpaired) electrons. The Morgan fingerprint density at radius 3 is 2.85 bits per heavy atom. The molecule has 1 amide bonds. The molecule has 0 saturated heterocycles. The largest absolute Gasteiger partial charge is 0.458 e. The fourth-order valence-electron chi connectivity index (χ4n) is 0.706. The smallest absolute Gasteiger partial charge is 0.288 e. The van der Waals surface area contributed by atoms with Gasteiger partial charge in [-0.3, -0.25) is 4.79 Å². The van der Waals surface area contributed by atoms with Gasteiger partial charge in [-0.1, -0.05) is 0 Å². The molecule has 0 atom stereocenters. The van der Waals surface area contributed by atoms with Gasteiger partial charge >= 0.3 is 0 Å². The highest BCUT2D eigenvalue weighted by molar-refractivity contribution is 9.10. The summed E-state index contributed by atoms with van der Waals surface area (Å²) in [6.45, 7) is -0.675. The summed E-state index contributed by atoms with van der Waals surface area (Å²) in [6, 6.07) is 1.51. The normalized spacial score (nSPS) is 10.5. The van der Waals surface area contributed by atoms with E-state index in [9.17, 15) is 13.6 Å². The maximum Gasteiger partial charge on any atom is 0.288 e. The van der Waals surface area contributed by atoms with Crippen LogP contribution in [0.3, 0.4) is 0 Å². The summed E-state index contributed by atoms with van der Waals surface area (Å²) < 4.78 is 28.6. The minimum atomic E-state index is -2.56. The van der Waals surface area contributed by atoms with Crippen molar-refractivity contribution < 1.29 is 18.0 Å². The Hall–Kier alpha value is -0.910. The predicted molar refractivity (Wildman–Crippen MR) is 44.7 cm³/mol. The molecule has 0 bridgehead atoms. The Bertz CT molecular complexity index is 300. The quantitative estimate of drug-likeness (QED) is 0.896. The third-order valence-corrected chi connectivity index (χ3v) is 1.86. The molecule has 1 heterocycles. The molecule has 0 fully saturated rings. The number of carbonyl (C=O) groups excluding carboxylic acids is 1. The van der Waals surface area contributed by atoms with Gasteiger partial charge in [0.15, 0.2) is 0 Å². The van der Waals surface area contributed by atoms with Gasteiger partial charge in [-0.15, -0.1) is 0 Å². The molecular formula is C7H6BrF2NO2. The molecular weight excluding hydrogens is 248 g/mol. The SMILES string of the molecule is O=C(NCC(F)F)c1occc1Br. The summed E-state index contributed by atoms with van der Waals surface area (Å²) in [5.74, 6) is -0.655. The first-order chi connectivity index (χ1) is 6.11. The molecule has 13 heavy (non-hydrogen) atoms. The van der Waals surface area contributed by atoms with E-state index in [2.05, 4.69) is 15.9 Å². The van der Waals surface area contributed by atoms with Crippen LogP contribution in [0.4, 0.5) is 8.78 Å². The van der Waals surface area contributed by atoms with Crippen LogP contribution in [-0.2, 0) is 0 Å². The van der Waals surface area contributed by atoms with E-state index in [1.54, 1.807) is 0 Å². The molecule has 1 rings (SSSR count). The number of nitrogens with one attached hydrogen (secondary N) is 1. The number of amides is 1. The molecule has 0 aliphatic carbocycles. The van der Waals surface area contributed by atoms with Crippen molar-refractivity contribution in [1.82, 2.24) is 5.32 Å². The lowest BCUT2D eigenvalue weighted by atomic mass is 10.4. The van der Waals surface area contributed by atoms with Crippen LogP contribution in [0.5, 0.6) is 0 Å². The van der Waals surface area contributed by atoms with Crippen LogP contribution >= 0.6 is 15.9 Å². The van der Waals surface area contributed by atoms with Gasteiger partial charge in [0.2, 0.25) is 5.76 Å². The Morgan fingerprint density at radius 1 is 1.69 bits per heavy atom. The van der Waals surface area contributed by atoms with E-state index in [1.165, 1.54) is 12.3 Å². The molecule has 1 aromatic heterocycles. The Kier molecular flexibility index (Phi) is 3.41. The van der Waals surface area contributed by atoms with Crippen molar-refractivity contribution in [2.45, 2.75) is 6.43 Å². The van der Waals surface area contributed by atoms with Gasteiger partial charge in [-0.2, -0.15) is 0 Å². The number of furan rings is 1. The number of halogens is 3. The molecule has 72 valence electrons. The summed E-state index contributed by atoms with van der Waals surface area (Å²) in [5, 5.41) is 2.01. The summed E-state index contributed by atoms with van der Waals surface area (Å²) in [7, 11) is 0. The van der Waals surface area contributed by atoms with Crippen molar-refractivity contribution >= 4 is 21.8 Å². The van der Waals surface area contributed by atoms with Gasteiger partial charge in [0.25, 0.3) is 12.3 Å². The minimum Gasteiger partial charge on any atom is -0.458 e. The molecule has 0 spiro atoms. The Morgan fingerprint density at radius 2 is 2.38 bits per heavy atom. The Labute approximate surface area is 81.2 Å². The van der Waals surface area contributed by atoms with E-state index in [0.717, 1.165) is 0 Å². The second kappa shape index (κ2) is 4.36. The van der Waals surface area contributed by atoms with Gasteiger partial charge in [0.1, 0.15) is 0 Å². The first-order valence-electron chi connectivity index (χ1n) is 3.40. The number of hydrogen-bond acceptors (Lipinski definition) is 2. The highest BCUT2D eigenvalue weighted by atomic mass is 79.9. The van der Waals surface area contributed by atoms with Crippen LogP contribution < -0.4 is 5.32 Å². The number of hydrogen-bond donors (Lipinski definition) is 1. The van der Waals surface area contributed by atoms with Crippen LogP contribution in [0, 0.1) is 0 Å². The fraction of sp³-hybridized carbons (Fsp3) is 0.286. The van der Waals surface area contributed by atoms with Crippen LogP contribution in [0.1, 0.15) is 10.6 Å². The van der Waals surface area contributed by atoms with Gasteiger partial charge in [-0.25, -0.2) is 8.78 Å². The van der Waals surface area contributed by atoms with E-state index >= 15 is 0 Å². The molecule has 1 N–H and O–H groups in total. The maximum absolute atomic E-state index is 11.7. The van der Waals surface area contributed by atoms with E-state index in [1.807, 2.05) is 5.32 Å². The first-order valence-corrected chi connectivity index (χ1v) is 4.20. The highest BCUT2D eigenvalue weighted by Gasteiger charge is 2.14. The van der Waals surface area contributed by atoms with Crippen LogP contribution in [0.25, 0.3) is 0 Å². The molecule has 0 saturated carbocycles. The summed E-state index contributed by atoms with van der Waals surface area (Å²) in [4.78, 5) is 11.1. The Balaban J connectivity index is 2.54. The zero-order chi connectivity index (χ0) is 9.84. The monoisotopic (exact) mass is 253 g/mol. The van der Waals surface area contributed by atoms with Crippen molar-refractivity contribution in [2.24, 2.45) is 0 Å². The lowest BCUT2D eigenvalue weighted by molar-refractivity contribution is 0.0864. The zero-order valence-electron chi connectivity index (χ0n) is 6.39. The topological polar surface area (TPSA) is 42.2 Å².